The number of nitrogens with one attached hydrogen (secondary N) is 1. The minimum atomic E-state index is -0.0507. The number of fused-ring (bicyclic) bond motifs is 2. The molecule has 0 aliphatic heterocycles. The highest BCUT2D eigenvalue weighted by Gasteiger charge is 2.07. The Hall–Kier alpha value is -3.08. The number of amides is 1. The van der Waals surface area contributed by atoms with Crippen LogP contribution in [0.3, 0.4) is 0 Å². The lowest BCUT2D eigenvalue weighted by molar-refractivity contribution is -0.116. The molecule has 3 heterocycles. The van der Waals surface area contributed by atoms with E-state index in [0.717, 1.165) is 22.1 Å². The number of aromatic nitrogens is 3. The summed E-state index contributed by atoms with van der Waals surface area (Å²) in [6.07, 6.45) is 5.49. The Bertz CT molecular complexity index is 967. The first-order chi connectivity index (χ1) is 10.8. The summed E-state index contributed by atoms with van der Waals surface area (Å²) in [5, 5.41) is 8.19. The van der Waals surface area contributed by atoms with Crippen LogP contribution in [0.2, 0.25) is 0 Å². The standard InChI is InChI=1S/C17H14N4O/c22-17(12-20-9-6-13-3-1-2-4-16(13)20)19-14-7-10-21-15(11-14)5-8-18-21/h1-11H,12H2,(H,19,22). The van der Waals surface area contributed by atoms with Crippen LogP contribution < -0.4 is 5.32 Å². The maximum atomic E-state index is 12.2. The molecule has 108 valence electrons. The van der Waals surface area contributed by atoms with Crippen molar-refractivity contribution >= 4 is 28.0 Å². The molecule has 22 heavy (non-hydrogen) atoms. The van der Waals surface area contributed by atoms with Crippen molar-refractivity contribution in [2.45, 2.75) is 6.54 Å². The number of rotatable bonds is 3. The van der Waals surface area contributed by atoms with E-state index in [1.54, 1.807) is 10.7 Å². The van der Waals surface area contributed by atoms with E-state index in [2.05, 4.69) is 10.4 Å². The van der Waals surface area contributed by atoms with Crippen LogP contribution in [0.1, 0.15) is 0 Å². The number of para-hydroxylation sites is 1. The molecule has 5 heteroatoms. The molecule has 0 unspecified atom stereocenters. The third kappa shape index (κ3) is 2.22. The van der Waals surface area contributed by atoms with Crippen molar-refractivity contribution in [2.24, 2.45) is 0 Å². The summed E-state index contributed by atoms with van der Waals surface area (Å²) in [7, 11) is 0. The average molecular weight is 290 g/mol. The third-order valence-corrected chi connectivity index (χ3v) is 3.68. The molecule has 0 radical (unpaired) electrons. The molecule has 0 atom stereocenters. The van der Waals surface area contributed by atoms with Crippen LogP contribution in [-0.2, 0) is 11.3 Å². The summed E-state index contributed by atoms with van der Waals surface area (Å²) in [4.78, 5) is 12.2. The molecule has 5 nitrogen and oxygen atoms in total. The molecule has 0 aliphatic rings. The fourth-order valence-corrected chi connectivity index (χ4v) is 2.63. The van der Waals surface area contributed by atoms with Gasteiger partial charge in [0.15, 0.2) is 0 Å². The van der Waals surface area contributed by atoms with Crippen LogP contribution in [0.25, 0.3) is 16.4 Å². The first-order valence-corrected chi connectivity index (χ1v) is 7.07. The van der Waals surface area contributed by atoms with Gasteiger partial charge in [0.25, 0.3) is 0 Å². The molecule has 0 fully saturated rings. The molecule has 0 aliphatic carbocycles. The van der Waals surface area contributed by atoms with Crippen LogP contribution >= 0.6 is 0 Å². The van der Waals surface area contributed by atoms with Crippen molar-refractivity contribution in [2.75, 3.05) is 5.32 Å². The zero-order chi connectivity index (χ0) is 14.9. The molecule has 0 saturated carbocycles. The van der Waals surface area contributed by atoms with Gasteiger partial charge < -0.3 is 9.88 Å². The predicted octanol–water partition coefficient (Wildman–Crippen LogP) is 2.93. The maximum Gasteiger partial charge on any atom is 0.244 e. The van der Waals surface area contributed by atoms with Crippen molar-refractivity contribution in [1.82, 2.24) is 14.2 Å². The minimum absolute atomic E-state index is 0.0507. The Morgan fingerprint density at radius 3 is 2.95 bits per heavy atom. The predicted molar refractivity (Wildman–Crippen MR) is 85.8 cm³/mol. The molecule has 1 N–H and O–H groups in total. The Balaban J connectivity index is 1.54. The van der Waals surface area contributed by atoms with E-state index in [0.29, 0.717) is 0 Å². The van der Waals surface area contributed by atoms with Gasteiger partial charge in [-0.05, 0) is 35.7 Å². The second kappa shape index (κ2) is 5.04. The Labute approximate surface area is 126 Å². The van der Waals surface area contributed by atoms with Gasteiger partial charge >= 0.3 is 0 Å². The Morgan fingerprint density at radius 2 is 2.00 bits per heavy atom. The molecule has 1 amide bonds. The summed E-state index contributed by atoms with van der Waals surface area (Å²) in [5.74, 6) is -0.0507. The molecular weight excluding hydrogens is 276 g/mol. The zero-order valence-corrected chi connectivity index (χ0v) is 11.8. The Kier molecular flexibility index (Phi) is 2.89. The van der Waals surface area contributed by atoms with Gasteiger partial charge in [-0.1, -0.05) is 18.2 Å². The van der Waals surface area contributed by atoms with Crippen molar-refractivity contribution in [1.29, 1.82) is 0 Å². The van der Waals surface area contributed by atoms with Crippen molar-refractivity contribution in [3.8, 4) is 0 Å². The molecule has 0 spiro atoms. The van der Waals surface area contributed by atoms with Crippen molar-refractivity contribution < 1.29 is 4.79 Å². The van der Waals surface area contributed by atoms with Gasteiger partial charge in [0.05, 0.1) is 5.52 Å². The van der Waals surface area contributed by atoms with E-state index in [-0.39, 0.29) is 12.5 Å². The number of carbonyl (C=O) groups is 1. The molecule has 0 saturated heterocycles. The van der Waals surface area contributed by atoms with Crippen LogP contribution in [0, 0.1) is 0 Å². The van der Waals surface area contributed by atoms with Gasteiger partial charge in [-0.15, -0.1) is 0 Å². The van der Waals surface area contributed by atoms with E-state index in [4.69, 9.17) is 0 Å². The smallest absolute Gasteiger partial charge is 0.244 e. The summed E-state index contributed by atoms with van der Waals surface area (Å²) in [6.45, 7) is 0.290. The highest BCUT2D eigenvalue weighted by atomic mass is 16.1. The highest BCUT2D eigenvalue weighted by Crippen LogP contribution is 2.16. The monoisotopic (exact) mass is 290 g/mol. The summed E-state index contributed by atoms with van der Waals surface area (Å²) >= 11 is 0. The number of pyridine rings is 1. The van der Waals surface area contributed by atoms with Gasteiger partial charge in [-0.3, -0.25) is 4.79 Å². The Morgan fingerprint density at radius 1 is 1.09 bits per heavy atom. The van der Waals surface area contributed by atoms with Gasteiger partial charge in [0.2, 0.25) is 5.91 Å². The summed E-state index contributed by atoms with van der Waals surface area (Å²) < 4.78 is 3.71. The quantitative estimate of drug-likeness (QED) is 0.630. The average Bonchev–Trinajstić information content (AvgIpc) is 3.14. The maximum absolute atomic E-state index is 12.2. The van der Waals surface area contributed by atoms with Gasteiger partial charge in [-0.2, -0.15) is 5.10 Å². The lowest BCUT2D eigenvalue weighted by Crippen LogP contribution is -2.18. The normalized spacial score (nSPS) is 11.1. The fourth-order valence-electron chi connectivity index (χ4n) is 2.63. The van der Waals surface area contributed by atoms with Crippen molar-refractivity contribution in [3.05, 3.63) is 67.1 Å². The van der Waals surface area contributed by atoms with Crippen LogP contribution in [0.15, 0.2) is 67.1 Å². The fraction of sp³-hybridized carbons (Fsp3) is 0.0588. The largest absolute Gasteiger partial charge is 0.338 e. The molecular formula is C17H14N4O. The summed E-state index contributed by atoms with van der Waals surface area (Å²) in [5.41, 5.74) is 2.78. The molecule has 0 bridgehead atoms. The number of nitrogens with zero attached hydrogens (tertiary/aromatic N) is 3. The number of hydrogen-bond donors (Lipinski definition) is 1. The van der Waals surface area contributed by atoms with E-state index >= 15 is 0 Å². The number of benzene rings is 1. The van der Waals surface area contributed by atoms with Crippen LogP contribution in [0.5, 0.6) is 0 Å². The van der Waals surface area contributed by atoms with E-state index in [1.165, 1.54) is 0 Å². The molecule has 4 aromatic rings. The highest BCUT2D eigenvalue weighted by molar-refractivity contribution is 5.92. The first kappa shape index (κ1) is 12.6. The number of hydrogen-bond acceptors (Lipinski definition) is 2. The molecule has 4 rings (SSSR count). The minimum Gasteiger partial charge on any atom is -0.338 e. The van der Waals surface area contributed by atoms with Gasteiger partial charge in [-0.25, -0.2) is 4.52 Å². The zero-order valence-electron chi connectivity index (χ0n) is 11.8. The SMILES string of the molecule is O=C(Cn1ccc2ccccc21)Nc1ccn2nccc2c1. The molecule has 1 aromatic carbocycles. The van der Waals surface area contributed by atoms with E-state index < -0.39 is 0 Å². The lowest BCUT2D eigenvalue weighted by Gasteiger charge is -2.08. The third-order valence-electron chi connectivity index (χ3n) is 3.68. The summed E-state index contributed by atoms with van der Waals surface area (Å²) in [6, 6.07) is 15.7. The van der Waals surface area contributed by atoms with Gasteiger partial charge in [0, 0.05) is 29.8 Å². The second-order valence-electron chi connectivity index (χ2n) is 5.17. The first-order valence-electron chi connectivity index (χ1n) is 7.07. The number of anilines is 1. The topological polar surface area (TPSA) is 51.3 Å². The van der Waals surface area contributed by atoms with E-state index in [1.807, 2.05) is 65.5 Å². The second-order valence-corrected chi connectivity index (χ2v) is 5.17. The van der Waals surface area contributed by atoms with Crippen LogP contribution in [0.4, 0.5) is 5.69 Å². The number of carbonyl (C=O) groups excluding carboxylic acids is 1. The van der Waals surface area contributed by atoms with Gasteiger partial charge in [0.1, 0.15) is 6.54 Å². The van der Waals surface area contributed by atoms with Crippen molar-refractivity contribution in [3.63, 3.8) is 0 Å². The lowest BCUT2D eigenvalue weighted by atomic mass is 10.2. The van der Waals surface area contributed by atoms with E-state index in [9.17, 15) is 4.79 Å². The molecule has 3 aromatic heterocycles. The van der Waals surface area contributed by atoms with Crippen LogP contribution in [-0.4, -0.2) is 20.1 Å².